The zero-order valence-corrected chi connectivity index (χ0v) is 11.0. The quantitative estimate of drug-likeness (QED) is 0.864. The van der Waals surface area contributed by atoms with Gasteiger partial charge in [0.1, 0.15) is 0 Å². The summed E-state index contributed by atoms with van der Waals surface area (Å²) in [4.78, 5) is 11.0. The number of benzene rings is 1. The minimum absolute atomic E-state index is 0.350. The molecule has 3 heteroatoms. The van der Waals surface area contributed by atoms with Crippen molar-refractivity contribution in [2.24, 2.45) is 5.41 Å². The van der Waals surface area contributed by atoms with Gasteiger partial charge in [0.05, 0.1) is 7.11 Å². The van der Waals surface area contributed by atoms with Crippen molar-refractivity contribution in [2.45, 2.75) is 33.6 Å². The van der Waals surface area contributed by atoms with E-state index in [1.54, 1.807) is 0 Å². The van der Waals surface area contributed by atoms with E-state index in [-0.39, 0.29) is 0 Å². The van der Waals surface area contributed by atoms with Crippen LogP contribution in [0.1, 0.15) is 32.8 Å². The van der Waals surface area contributed by atoms with Crippen LogP contribution >= 0.6 is 0 Å². The third kappa shape index (κ3) is 5.38. The summed E-state index contributed by atoms with van der Waals surface area (Å²) in [7, 11) is 1.35. The number of anilines is 1. The van der Waals surface area contributed by atoms with Gasteiger partial charge >= 0.3 is 6.09 Å². The van der Waals surface area contributed by atoms with Gasteiger partial charge in [-0.15, -0.1) is 0 Å². The Bertz CT molecular complexity index is 363. The molecule has 0 saturated carbocycles. The first kappa shape index (κ1) is 13.6. The molecular weight excluding hydrogens is 214 g/mol. The van der Waals surface area contributed by atoms with Crippen LogP contribution in [0.3, 0.4) is 0 Å². The fourth-order valence-corrected chi connectivity index (χ4v) is 1.44. The zero-order chi connectivity index (χ0) is 12.9. The average molecular weight is 235 g/mol. The summed E-state index contributed by atoms with van der Waals surface area (Å²) < 4.78 is 4.53. The first-order valence-corrected chi connectivity index (χ1v) is 5.84. The Morgan fingerprint density at radius 2 is 1.82 bits per heavy atom. The van der Waals surface area contributed by atoms with Gasteiger partial charge in [-0.05, 0) is 36.0 Å². The molecule has 1 aromatic carbocycles. The van der Waals surface area contributed by atoms with E-state index in [9.17, 15) is 4.79 Å². The Labute approximate surface area is 103 Å². The Kier molecular flexibility index (Phi) is 4.55. The van der Waals surface area contributed by atoms with Gasteiger partial charge in [0, 0.05) is 5.69 Å². The second-order valence-corrected chi connectivity index (χ2v) is 5.37. The SMILES string of the molecule is COC(=O)Nc1ccc(CCC(C)(C)C)cc1. The van der Waals surface area contributed by atoms with Crippen molar-refractivity contribution in [2.75, 3.05) is 12.4 Å². The number of ether oxygens (including phenoxy) is 1. The van der Waals surface area contributed by atoms with Crippen LogP contribution in [0.4, 0.5) is 10.5 Å². The summed E-state index contributed by atoms with van der Waals surface area (Å²) in [6.07, 6.45) is 1.77. The molecule has 3 nitrogen and oxygen atoms in total. The molecule has 0 saturated heterocycles. The van der Waals surface area contributed by atoms with Crippen LogP contribution in [0.25, 0.3) is 0 Å². The van der Waals surface area contributed by atoms with Crippen molar-refractivity contribution in [3.05, 3.63) is 29.8 Å². The minimum atomic E-state index is -0.438. The first-order chi connectivity index (χ1) is 7.90. The highest BCUT2D eigenvalue weighted by Crippen LogP contribution is 2.22. The average Bonchev–Trinajstić information content (AvgIpc) is 2.27. The Morgan fingerprint density at radius 3 is 2.29 bits per heavy atom. The van der Waals surface area contributed by atoms with E-state index in [0.717, 1.165) is 18.5 Å². The van der Waals surface area contributed by atoms with Gasteiger partial charge in [0.25, 0.3) is 0 Å². The molecule has 0 aliphatic carbocycles. The highest BCUT2D eigenvalue weighted by Gasteiger charge is 2.09. The molecule has 1 amide bonds. The minimum Gasteiger partial charge on any atom is -0.453 e. The van der Waals surface area contributed by atoms with Gasteiger partial charge in [0.15, 0.2) is 0 Å². The standard InChI is InChI=1S/C14H21NO2/c1-14(2,3)10-9-11-5-7-12(8-6-11)15-13(16)17-4/h5-8H,9-10H2,1-4H3,(H,15,16). The summed E-state index contributed by atoms with van der Waals surface area (Å²) in [5.41, 5.74) is 2.40. The molecule has 17 heavy (non-hydrogen) atoms. The maximum atomic E-state index is 11.0. The number of carbonyl (C=O) groups is 1. The Hall–Kier alpha value is -1.51. The van der Waals surface area contributed by atoms with Crippen molar-refractivity contribution in [3.63, 3.8) is 0 Å². The van der Waals surface area contributed by atoms with Crippen LogP contribution in [0.2, 0.25) is 0 Å². The molecule has 0 unspecified atom stereocenters. The van der Waals surface area contributed by atoms with E-state index in [1.807, 2.05) is 24.3 Å². The van der Waals surface area contributed by atoms with Gasteiger partial charge in [-0.25, -0.2) is 4.79 Å². The lowest BCUT2D eigenvalue weighted by atomic mass is 9.89. The molecule has 0 atom stereocenters. The maximum absolute atomic E-state index is 11.0. The van der Waals surface area contributed by atoms with Crippen molar-refractivity contribution in [1.29, 1.82) is 0 Å². The van der Waals surface area contributed by atoms with Crippen molar-refractivity contribution in [3.8, 4) is 0 Å². The normalized spacial score (nSPS) is 11.1. The molecule has 0 fully saturated rings. The third-order valence-electron chi connectivity index (χ3n) is 2.55. The van der Waals surface area contributed by atoms with Crippen molar-refractivity contribution < 1.29 is 9.53 Å². The monoisotopic (exact) mass is 235 g/mol. The number of rotatable bonds is 3. The first-order valence-electron chi connectivity index (χ1n) is 5.84. The number of hydrogen-bond donors (Lipinski definition) is 1. The highest BCUT2D eigenvalue weighted by atomic mass is 16.5. The summed E-state index contributed by atoms with van der Waals surface area (Å²) >= 11 is 0. The Morgan fingerprint density at radius 1 is 1.24 bits per heavy atom. The van der Waals surface area contributed by atoms with E-state index in [0.29, 0.717) is 5.41 Å². The molecule has 0 spiro atoms. The van der Waals surface area contributed by atoms with Crippen LogP contribution in [0, 0.1) is 5.41 Å². The molecule has 1 rings (SSSR count). The second kappa shape index (κ2) is 5.71. The van der Waals surface area contributed by atoms with Crippen LogP contribution in [0.15, 0.2) is 24.3 Å². The predicted molar refractivity (Wildman–Crippen MR) is 70.2 cm³/mol. The molecule has 1 N–H and O–H groups in total. The van der Waals surface area contributed by atoms with E-state index >= 15 is 0 Å². The van der Waals surface area contributed by atoms with Gasteiger partial charge in [-0.2, -0.15) is 0 Å². The van der Waals surface area contributed by atoms with Crippen LogP contribution in [0.5, 0.6) is 0 Å². The van der Waals surface area contributed by atoms with Crippen LogP contribution in [-0.4, -0.2) is 13.2 Å². The predicted octanol–water partition coefficient (Wildman–Crippen LogP) is 3.84. The number of aryl methyl sites for hydroxylation is 1. The lowest BCUT2D eigenvalue weighted by Crippen LogP contribution is -2.10. The summed E-state index contributed by atoms with van der Waals surface area (Å²) in [5.74, 6) is 0. The molecular formula is C14H21NO2. The smallest absolute Gasteiger partial charge is 0.411 e. The van der Waals surface area contributed by atoms with E-state index < -0.39 is 6.09 Å². The molecule has 94 valence electrons. The lowest BCUT2D eigenvalue weighted by Gasteiger charge is -2.17. The van der Waals surface area contributed by atoms with E-state index in [2.05, 4.69) is 30.8 Å². The number of methoxy groups -OCH3 is 1. The fourth-order valence-electron chi connectivity index (χ4n) is 1.44. The molecule has 0 radical (unpaired) electrons. The zero-order valence-electron chi connectivity index (χ0n) is 11.0. The molecule has 0 aliphatic rings. The lowest BCUT2D eigenvalue weighted by molar-refractivity contribution is 0.187. The topological polar surface area (TPSA) is 38.3 Å². The molecule has 0 aromatic heterocycles. The van der Waals surface area contributed by atoms with Gasteiger partial charge in [0.2, 0.25) is 0 Å². The maximum Gasteiger partial charge on any atom is 0.411 e. The van der Waals surface area contributed by atoms with Crippen molar-refractivity contribution in [1.82, 2.24) is 0 Å². The summed E-state index contributed by atoms with van der Waals surface area (Å²) in [6, 6.07) is 7.87. The fraction of sp³-hybridized carbons (Fsp3) is 0.500. The van der Waals surface area contributed by atoms with E-state index in [4.69, 9.17) is 0 Å². The number of hydrogen-bond acceptors (Lipinski definition) is 2. The number of carbonyl (C=O) groups excluding carboxylic acids is 1. The molecule has 1 aromatic rings. The summed E-state index contributed by atoms with van der Waals surface area (Å²) in [5, 5.41) is 2.63. The molecule has 0 aliphatic heterocycles. The van der Waals surface area contributed by atoms with Gasteiger partial charge in [-0.1, -0.05) is 32.9 Å². The van der Waals surface area contributed by atoms with Gasteiger partial charge in [-0.3, -0.25) is 5.32 Å². The number of nitrogens with one attached hydrogen (secondary N) is 1. The van der Waals surface area contributed by atoms with Crippen LogP contribution < -0.4 is 5.32 Å². The largest absolute Gasteiger partial charge is 0.453 e. The molecule has 0 bridgehead atoms. The Balaban J connectivity index is 2.53. The number of amides is 1. The molecule has 0 heterocycles. The second-order valence-electron chi connectivity index (χ2n) is 5.37. The summed E-state index contributed by atoms with van der Waals surface area (Å²) in [6.45, 7) is 6.71. The van der Waals surface area contributed by atoms with Crippen molar-refractivity contribution >= 4 is 11.8 Å². The third-order valence-corrected chi connectivity index (χ3v) is 2.55. The highest BCUT2D eigenvalue weighted by molar-refractivity contribution is 5.84. The van der Waals surface area contributed by atoms with Gasteiger partial charge < -0.3 is 4.74 Å². The van der Waals surface area contributed by atoms with Crippen LogP contribution in [-0.2, 0) is 11.2 Å². The van der Waals surface area contributed by atoms with E-state index in [1.165, 1.54) is 12.7 Å².